The predicted octanol–water partition coefficient (Wildman–Crippen LogP) is 0.280. The van der Waals surface area contributed by atoms with E-state index in [1.807, 2.05) is 12.3 Å². The quantitative estimate of drug-likeness (QED) is 0.732. The topological polar surface area (TPSA) is 68.0 Å². The van der Waals surface area contributed by atoms with Gasteiger partial charge in [0.15, 0.2) is 0 Å². The van der Waals surface area contributed by atoms with Gasteiger partial charge in [0.25, 0.3) is 0 Å². The monoisotopic (exact) mass is 199 g/mol. The van der Waals surface area contributed by atoms with Crippen molar-refractivity contribution in [1.82, 2.24) is 10.3 Å². The number of likely N-dealkylation sites (N-methyl/N-ethyl adjacent to an activating group) is 1. The number of carbonyl (C=O) groups is 1. The Hall–Kier alpha value is -0.940. The summed E-state index contributed by atoms with van der Waals surface area (Å²) >= 11 is 1.49. The summed E-state index contributed by atoms with van der Waals surface area (Å²) in [5.74, 6) is 0.0105. The molecule has 0 unspecified atom stereocenters. The van der Waals surface area contributed by atoms with E-state index in [-0.39, 0.29) is 5.91 Å². The van der Waals surface area contributed by atoms with Crippen LogP contribution in [0.3, 0.4) is 0 Å². The van der Waals surface area contributed by atoms with Crippen LogP contribution in [0.2, 0.25) is 0 Å². The molecule has 0 spiro atoms. The number of nitrogens with one attached hydrogen (secondary N) is 1. The van der Waals surface area contributed by atoms with Crippen molar-refractivity contribution in [3.8, 4) is 0 Å². The number of nitrogens with two attached hydrogens (primary N) is 1. The summed E-state index contributed by atoms with van der Waals surface area (Å²) < 4.78 is 0. The third-order valence-corrected chi connectivity index (χ3v) is 2.41. The van der Waals surface area contributed by atoms with Gasteiger partial charge < -0.3 is 11.1 Å². The van der Waals surface area contributed by atoms with E-state index < -0.39 is 0 Å². The zero-order valence-corrected chi connectivity index (χ0v) is 8.36. The number of nitrogens with zero attached hydrogens (tertiary/aromatic N) is 1. The second kappa shape index (κ2) is 4.94. The van der Waals surface area contributed by atoms with Gasteiger partial charge in [0.1, 0.15) is 5.01 Å². The van der Waals surface area contributed by atoms with E-state index in [1.165, 1.54) is 11.3 Å². The minimum absolute atomic E-state index is 0.0105. The second-order valence-electron chi connectivity index (χ2n) is 2.57. The van der Waals surface area contributed by atoms with Crippen LogP contribution in [0.1, 0.15) is 17.6 Å². The van der Waals surface area contributed by atoms with Gasteiger partial charge in [-0.3, -0.25) is 4.79 Å². The lowest BCUT2D eigenvalue weighted by Crippen LogP contribution is -2.24. The van der Waals surface area contributed by atoms with E-state index in [9.17, 15) is 4.79 Å². The molecule has 1 aromatic heterocycles. The molecule has 0 aliphatic rings. The van der Waals surface area contributed by atoms with Crippen LogP contribution >= 0.6 is 11.3 Å². The molecule has 0 saturated carbocycles. The van der Waals surface area contributed by atoms with E-state index in [0.717, 1.165) is 10.7 Å². The lowest BCUT2D eigenvalue weighted by Gasteiger charge is -1.97. The van der Waals surface area contributed by atoms with Crippen molar-refractivity contribution in [2.24, 2.45) is 5.73 Å². The molecule has 0 fully saturated rings. The molecule has 0 radical (unpaired) electrons. The standard InChI is InChI=1S/C8H13N3OS/c1-2-10-7(12)3-6-5-13-8(4-9)11-6/h5H,2-4,9H2,1H3,(H,10,12). The normalized spacial score (nSPS) is 10.0. The van der Waals surface area contributed by atoms with Crippen LogP contribution in [0.5, 0.6) is 0 Å². The fourth-order valence-electron chi connectivity index (χ4n) is 0.948. The molecule has 13 heavy (non-hydrogen) atoms. The molecule has 1 amide bonds. The maximum atomic E-state index is 11.1. The Bertz CT molecular complexity index is 285. The second-order valence-corrected chi connectivity index (χ2v) is 3.51. The van der Waals surface area contributed by atoms with Gasteiger partial charge in [-0.25, -0.2) is 4.98 Å². The predicted molar refractivity (Wildman–Crippen MR) is 52.4 cm³/mol. The van der Waals surface area contributed by atoms with Crippen LogP contribution in [0.15, 0.2) is 5.38 Å². The summed E-state index contributed by atoms with van der Waals surface area (Å²) in [5.41, 5.74) is 6.20. The van der Waals surface area contributed by atoms with E-state index in [2.05, 4.69) is 10.3 Å². The maximum absolute atomic E-state index is 11.1. The Labute approximate surface area is 81.2 Å². The molecule has 0 atom stereocenters. The number of hydrogen-bond donors (Lipinski definition) is 2. The Morgan fingerprint density at radius 2 is 2.54 bits per heavy atom. The molecule has 3 N–H and O–H groups in total. The summed E-state index contributed by atoms with van der Waals surface area (Å²) in [5, 5.41) is 5.46. The number of amides is 1. The van der Waals surface area contributed by atoms with E-state index in [4.69, 9.17) is 5.73 Å². The highest BCUT2D eigenvalue weighted by Crippen LogP contribution is 2.08. The Balaban J connectivity index is 2.49. The molecule has 0 aliphatic carbocycles. The van der Waals surface area contributed by atoms with Crippen molar-refractivity contribution in [3.63, 3.8) is 0 Å². The molecule has 5 heteroatoms. The summed E-state index contributed by atoms with van der Waals surface area (Å²) in [6.07, 6.45) is 0.352. The van der Waals surface area contributed by atoms with Gasteiger partial charge in [-0.05, 0) is 6.92 Å². The van der Waals surface area contributed by atoms with Crippen molar-refractivity contribution in [1.29, 1.82) is 0 Å². The van der Waals surface area contributed by atoms with Gasteiger partial charge >= 0.3 is 0 Å². The van der Waals surface area contributed by atoms with Crippen molar-refractivity contribution in [3.05, 3.63) is 16.1 Å². The van der Waals surface area contributed by atoms with Crippen molar-refractivity contribution >= 4 is 17.2 Å². The first-order valence-electron chi connectivity index (χ1n) is 4.16. The van der Waals surface area contributed by atoms with Gasteiger partial charge in [0, 0.05) is 18.5 Å². The fraction of sp³-hybridized carbons (Fsp3) is 0.500. The minimum atomic E-state index is 0.0105. The van der Waals surface area contributed by atoms with Crippen molar-refractivity contribution in [2.45, 2.75) is 19.9 Å². The zero-order valence-electron chi connectivity index (χ0n) is 7.54. The van der Waals surface area contributed by atoms with Crippen LogP contribution in [0.25, 0.3) is 0 Å². The average Bonchev–Trinajstić information content (AvgIpc) is 2.52. The summed E-state index contributed by atoms with van der Waals surface area (Å²) in [6.45, 7) is 3.00. The highest BCUT2D eigenvalue weighted by Gasteiger charge is 2.05. The highest BCUT2D eigenvalue weighted by atomic mass is 32.1. The Morgan fingerprint density at radius 1 is 1.77 bits per heavy atom. The largest absolute Gasteiger partial charge is 0.356 e. The zero-order chi connectivity index (χ0) is 9.68. The molecule has 1 heterocycles. The van der Waals surface area contributed by atoms with Gasteiger partial charge in [0.2, 0.25) is 5.91 Å². The SMILES string of the molecule is CCNC(=O)Cc1csc(CN)n1. The van der Waals surface area contributed by atoms with Crippen LogP contribution in [-0.2, 0) is 17.8 Å². The average molecular weight is 199 g/mol. The highest BCUT2D eigenvalue weighted by molar-refractivity contribution is 7.09. The number of hydrogen-bond acceptors (Lipinski definition) is 4. The minimum Gasteiger partial charge on any atom is -0.356 e. The molecule has 0 saturated heterocycles. The molecule has 0 bridgehead atoms. The summed E-state index contributed by atoms with van der Waals surface area (Å²) in [4.78, 5) is 15.3. The number of thiazole rings is 1. The molecular formula is C8H13N3OS. The van der Waals surface area contributed by atoms with E-state index in [1.54, 1.807) is 0 Å². The number of carbonyl (C=O) groups excluding carboxylic acids is 1. The van der Waals surface area contributed by atoms with Gasteiger partial charge in [-0.15, -0.1) is 11.3 Å². The summed E-state index contributed by atoms with van der Waals surface area (Å²) in [7, 11) is 0. The van der Waals surface area contributed by atoms with Crippen LogP contribution in [0.4, 0.5) is 0 Å². The van der Waals surface area contributed by atoms with E-state index in [0.29, 0.717) is 19.5 Å². The Morgan fingerprint density at radius 3 is 3.08 bits per heavy atom. The van der Waals surface area contributed by atoms with Crippen LogP contribution < -0.4 is 11.1 Å². The molecular weight excluding hydrogens is 186 g/mol. The van der Waals surface area contributed by atoms with Gasteiger partial charge in [0.05, 0.1) is 12.1 Å². The molecule has 1 rings (SSSR count). The smallest absolute Gasteiger partial charge is 0.226 e. The first-order chi connectivity index (χ1) is 6.26. The Kier molecular flexibility index (Phi) is 3.85. The first-order valence-corrected chi connectivity index (χ1v) is 5.04. The lowest BCUT2D eigenvalue weighted by atomic mass is 10.3. The molecule has 0 aliphatic heterocycles. The van der Waals surface area contributed by atoms with Gasteiger partial charge in [-0.1, -0.05) is 0 Å². The molecule has 1 aromatic rings. The molecule has 72 valence electrons. The molecule has 0 aromatic carbocycles. The van der Waals surface area contributed by atoms with Gasteiger partial charge in [-0.2, -0.15) is 0 Å². The van der Waals surface area contributed by atoms with E-state index >= 15 is 0 Å². The third kappa shape index (κ3) is 3.12. The van der Waals surface area contributed by atoms with Crippen LogP contribution in [-0.4, -0.2) is 17.4 Å². The van der Waals surface area contributed by atoms with Crippen molar-refractivity contribution < 1.29 is 4.79 Å². The van der Waals surface area contributed by atoms with Crippen LogP contribution in [0, 0.1) is 0 Å². The van der Waals surface area contributed by atoms with Crippen molar-refractivity contribution in [2.75, 3.05) is 6.54 Å². The maximum Gasteiger partial charge on any atom is 0.226 e. The number of aromatic nitrogens is 1. The summed E-state index contributed by atoms with van der Waals surface area (Å²) in [6, 6.07) is 0. The molecule has 4 nitrogen and oxygen atoms in total. The number of rotatable bonds is 4. The fourth-order valence-corrected chi connectivity index (χ4v) is 1.62. The third-order valence-electron chi connectivity index (χ3n) is 1.49. The lowest BCUT2D eigenvalue weighted by molar-refractivity contribution is -0.120. The first kappa shape index (κ1) is 10.1.